The highest BCUT2D eigenvalue weighted by Crippen LogP contribution is 2.20. The van der Waals surface area contributed by atoms with E-state index in [4.69, 9.17) is 4.74 Å². The smallest absolute Gasteiger partial charge is 0.243 e. The number of rotatable bonds is 7. The third-order valence-electron chi connectivity index (χ3n) is 3.81. The highest BCUT2D eigenvalue weighted by Gasteiger charge is 2.27. The Bertz CT molecular complexity index is 589. The molecular weight excluding hydrogens is 354 g/mol. The molecule has 1 aromatic rings. The normalized spacial score (nSPS) is 18.0. The van der Waals surface area contributed by atoms with E-state index in [1.165, 1.54) is 4.31 Å². The van der Waals surface area contributed by atoms with E-state index < -0.39 is 16.1 Å². The molecule has 0 aromatic heterocycles. The molecule has 0 saturated carbocycles. The second-order valence-corrected chi connectivity index (χ2v) is 7.64. The lowest BCUT2D eigenvalue weighted by molar-refractivity contribution is 0.108. The number of piperazine rings is 1. The van der Waals surface area contributed by atoms with Crippen LogP contribution in [0, 0.1) is 0 Å². The Morgan fingerprint density at radius 2 is 1.79 bits per heavy atom. The van der Waals surface area contributed by atoms with Crippen molar-refractivity contribution in [1.82, 2.24) is 14.5 Å². The Morgan fingerprint density at radius 1 is 1.21 bits per heavy atom. The van der Waals surface area contributed by atoms with Crippen LogP contribution in [-0.4, -0.2) is 82.3 Å². The average Bonchev–Trinajstić information content (AvgIpc) is 2.54. The molecule has 2 N–H and O–H groups in total. The van der Waals surface area contributed by atoms with Gasteiger partial charge in [0.1, 0.15) is 18.5 Å². The van der Waals surface area contributed by atoms with Crippen molar-refractivity contribution in [2.24, 2.45) is 0 Å². The second kappa shape index (κ2) is 9.55. The van der Waals surface area contributed by atoms with Gasteiger partial charge in [-0.15, -0.1) is 12.4 Å². The number of nitrogens with zero attached hydrogens (tertiary/aromatic N) is 2. The number of ether oxygens (including phenoxy) is 1. The van der Waals surface area contributed by atoms with E-state index in [0.29, 0.717) is 25.4 Å². The van der Waals surface area contributed by atoms with Crippen LogP contribution in [0.25, 0.3) is 0 Å². The molecule has 2 rings (SSSR count). The first kappa shape index (κ1) is 21.1. The highest BCUT2D eigenvalue weighted by molar-refractivity contribution is 7.89. The molecule has 1 aliphatic heterocycles. The van der Waals surface area contributed by atoms with E-state index in [-0.39, 0.29) is 23.9 Å². The van der Waals surface area contributed by atoms with Crippen molar-refractivity contribution in [1.29, 1.82) is 0 Å². The zero-order valence-electron chi connectivity index (χ0n) is 14.0. The van der Waals surface area contributed by atoms with Crippen LogP contribution in [0.3, 0.4) is 0 Å². The van der Waals surface area contributed by atoms with E-state index in [1.54, 1.807) is 31.3 Å². The number of sulfonamides is 1. The standard InChI is InChI=1S/C15H25N3O4S.ClH/c1-16-11-13(19)12-22-14-3-5-15(6-4-14)23(20,21)18-9-7-17(2)8-10-18;/h3-6,13,16,19H,7-12H2,1-2H3;1H. The van der Waals surface area contributed by atoms with Crippen molar-refractivity contribution >= 4 is 22.4 Å². The van der Waals surface area contributed by atoms with Crippen LogP contribution in [0.1, 0.15) is 0 Å². The number of hydrogen-bond acceptors (Lipinski definition) is 6. The summed E-state index contributed by atoms with van der Waals surface area (Å²) in [5.41, 5.74) is 0. The molecule has 0 radical (unpaired) electrons. The number of aliphatic hydroxyl groups is 1. The van der Waals surface area contributed by atoms with Gasteiger partial charge in [-0.3, -0.25) is 0 Å². The minimum Gasteiger partial charge on any atom is -0.491 e. The Hall–Kier alpha value is -0.900. The molecule has 1 aromatic carbocycles. The van der Waals surface area contributed by atoms with Gasteiger partial charge in [-0.25, -0.2) is 8.42 Å². The molecule has 1 fully saturated rings. The first-order valence-corrected chi connectivity index (χ1v) is 9.11. The van der Waals surface area contributed by atoms with E-state index >= 15 is 0 Å². The number of aliphatic hydroxyl groups excluding tert-OH is 1. The molecule has 1 saturated heterocycles. The predicted molar refractivity (Wildman–Crippen MR) is 95.4 cm³/mol. The maximum Gasteiger partial charge on any atom is 0.243 e. The largest absolute Gasteiger partial charge is 0.491 e. The topological polar surface area (TPSA) is 82.1 Å². The summed E-state index contributed by atoms with van der Waals surface area (Å²) in [5.74, 6) is 0.539. The molecule has 0 spiro atoms. The summed E-state index contributed by atoms with van der Waals surface area (Å²) >= 11 is 0. The number of halogens is 1. The summed E-state index contributed by atoms with van der Waals surface area (Å²) < 4.78 is 32.1. The number of benzene rings is 1. The third kappa shape index (κ3) is 5.58. The fourth-order valence-corrected chi connectivity index (χ4v) is 3.79. The molecule has 7 nitrogen and oxygen atoms in total. The Labute approximate surface area is 150 Å². The predicted octanol–water partition coefficient (Wildman–Crippen LogP) is 0.00360. The number of hydrogen-bond donors (Lipinski definition) is 2. The fourth-order valence-electron chi connectivity index (χ4n) is 2.37. The highest BCUT2D eigenvalue weighted by atomic mass is 35.5. The molecule has 24 heavy (non-hydrogen) atoms. The van der Waals surface area contributed by atoms with Crippen LogP contribution in [0.15, 0.2) is 29.2 Å². The van der Waals surface area contributed by atoms with Gasteiger partial charge in [-0.1, -0.05) is 0 Å². The van der Waals surface area contributed by atoms with Gasteiger partial charge in [-0.05, 0) is 38.4 Å². The zero-order valence-corrected chi connectivity index (χ0v) is 15.6. The van der Waals surface area contributed by atoms with Crippen molar-refractivity contribution in [3.05, 3.63) is 24.3 Å². The minimum absolute atomic E-state index is 0. The Morgan fingerprint density at radius 3 is 2.33 bits per heavy atom. The quantitative estimate of drug-likeness (QED) is 0.694. The fraction of sp³-hybridized carbons (Fsp3) is 0.600. The summed E-state index contributed by atoms with van der Waals surface area (Å²) in [4.78, 5) is 2.38. The van der Waals surface area contributed by atoms with Crippen molar-refractivity contribution in [2.45, 2.75) is 11.0 Å². The minimum atomic E-state index is -3.45. The van der Waals surface area contributed by atoms with Crippen LogP contribution >= 0.6 is 12.4 Å². The average molecular weight is 380 g/mol. The molecule has 138 valence electrons. The summed E-state index contributed by atoms with van der Waals surface area (Å²) in [6.07, 6.45) is -0.603. The van der Waals surface area contributed by atoms with Gasteiger partial charge >= 0.3 is 0 Å². The zero-order chi connectivity index (χ0) is 16.9. The number of nitrogens with one attached hydrogen (secondary N) is 1. The lowest BCUT2D eigenvalue weighted by atomic mass is 10.3. The van der Waals surface area contributed by atoms with Crippen molar-refractivity contribution < 1.29 is 18.3 Å². The van der Waals surface area contributed by atoms with Gasteiger partial charge < -0.3 is 20.1 Å². The van der Waals surface area contributed by atoms with Crippen molar-refractivity contribution in [3.8, 4) is 5.75 Å². The van der Waals surface area contributed by atoms with Crippen molar-refractivity contribution in [2.75, 3.05) is 53.4 Å². The molecule has 0 bridgehead atoms. The van der Waals surface area contributed by atoms with E-state index in [2.05, 4.69) is 10.2 Å². The first-order valence-electron chi connectivity index (χ1n) is 7.67. The Kier molecular flexibility index (Phi) is 8.41. The van der Waals surface area contributed by atoms with E-state index in [0.717, 1.165) is 13.1 Å². The van der Waals surface area contributed by atoms with Crippen LogP contribution in [-0.2, 0) is 10.0 Å². The molecule has 0 aliphatic carbocycles. The van der Waals surface area contributed by atoms with Gasteiger partial charge in [-0.2, -0.15) is 4.31 Å². The van der Waals surface area contributed by atoms with Crippen LogP contribution in [0.2, 0.25) is 0 Å². The molecule has 1 unspecified atom stereocenters. The maximum absolute atomic E-state index is 12.6. The lowest BCUT2D eigenvalue weighted by Crippen LogP contribution is -2.46. The lowest BCUT2D eigenvalue weighted by Gasteiger charge is -2.31. The molecule has 1 atom stereocenters. The molecule has 9 heteroatoms. The molecule has 1 heterocycles. The van der Waals surface area contributed by atoms with Crippen molar-refractivity contribution in [3.63, 3.8) is 0 Å². The van der Waals surface area contributed by atoms with Crippen LogP contribution < -0.4 is 10.1 Å². The summed E-state index contributed by atoms with van der Waals surface area (Å²) in [6, 6.07) is 6.34. The Balaban J connectivity index is 0.00000288. The second-order valence-electron chi connectivity index (χ2n) is 5.70. The van der Waals surface area contributed by atoms with Gasteiger partial charge in [0.05, 0.1) is 4.90 Å². The van der Waals surface area contributed by atoms with Gasteiger partial charge in [0.25, 0.3) is 0 Å². The van der Waals surface area contributed by atoms with E-state index in [1.807, 2.05) is 7.05 Å². The van der Waals surface area contributed by atoms with Gasteiger partial charge in [0, 0.05) is 32.7 Å². The van der Waals surface area contributed by atoms with Crippen LogP contribution in [0.4, 0.5) is 0 Å². The van der Waals surface area contributed by atoms with E-state index in [9.17, 15) is 13.5 Å². The molecule has 0 amide bonds. The third-order valence-corrected chi connectivity index (χ3v) is 5.72. The maximum atomic E-state index is 12.6. The van der Waals surface area contributed by atoms with Gasteiger partial charge in [0.15, 0.2) is 0 Å². The molecular formula is C15H26ClN3O4S. The van der Waals surface area contributed by atoms with Gasteiger partial charge in [0.2, 0.25) is 10.0 Å². The van der Waals surface area contributed by atoms with Crippen LogP contribution in [0.5, 0.6) is 5.75 Å². The first-order chi connectivity index (χ1) is 10.9. The SMILES string of the molecule is CNCC(O)COc1ccc(S(=O)(=O)N2CCN(C)CC2)cc1.Cl. The monoisotopic (exact) mass is 379 g/mol. The summed E-state index contributed by atoms with van der Waals surface area (Å²) in [6.45, 7) is 3.09. The summed E-state index contributed by atoms with van der Waals surface area (Å²) in [7, 11) is 0.286. The molecule has 1 aliphatic rings. The number of likely N-dealkylation sites (N-methyl/N-ethyl adjacent to an activating group) is 2. The summed E-state index contributed by atoms with van der Waals surface area (Å²) in [5, 5.41) is 12.4.